The van der Waals surface area contributed by atoms with Gasteiger partial charge in [-0.1, -0.05) is 12.1 Å². The number of carbonyl (C=O) groups excluding carboxylic acids is 4. The first-order chi connectivity index (χ1) is 11.9. The average molecular weight is 352 g/mol. The number of ether oxygens (including phenoxy) is 2. The number of hydrogen-bond donors (Lipinski definition) is 1. The molecule has 0 spiro atoms. The van der Waals surface area contributed by atoms with Gasteiger partial charge in [0.25, 0.3) is 5.91 Å². The molecule has 0 aromatic heterocycles. The average Bonchev–Trinajstić information content (AvgIpc) is 2.95. The number of esters is 1. The van der Waals surface area contributed by atoms with Crippen molar-refractivity contribution < 1.29 is 33.0 Å². The molecule has 0 bridgehead atoms. The van der Waals surface area contributed by atoms with Gasteiger partial charge in [0, 0.05) is 13.0 Å². The van der Waals surface area contributed by atoms with Crippen molar-refractivity contribution in [2.75, 3.05) is 24.7 Å². The molecule has 0 aliphatic carbocycles. The molecule has 25 heavy (non-hydrogen) atoms. The third-order valence-electron chi connectivity index (χ3n) is 3.46. The summed E-state index contributed by atoms with van der Waals surface area (Å²) in [7, 11) is 0. The van der Waals surface area contributed by atoms with Crippen LogP contribution in [0.4, 0.5) is 14.9 Å². The standard InChI is InChI=1S/C16H17FN2O6/c1-2-24-16(23)18-13(20)9-25-15(22)10-7-14(21)19(8-10)12-6-4-3-5-11(12)17/h3-6,10H,2,7-9H2,1H3,(H,18,20,23)/t10-/m0/s1. The highest BCUT2D eigenvalue weighted by molar-refractivity contribution is 6.00. The molecule has 0 unspecified atom stereocenters. The van der Waals surface area contributed by atoms with Crippen LogP contribution in [0.1, 0.15) is 13.3 Å². The Morgan fingerprint density at radius 1 is 1.28 bits per heavy atom. The molecule has 1 aliphatic heterocycles. The predicted molar refractivity (Wildman–Crippen MR) is 83.0 cm³/mol. The minimum atomic E-state index is -0.940. The Labute approximate surface area is 142 Å². The van der Waals surface area contributed by atoms with Gasteiger partial charge in [0.2, 0.25) is 5.91 Å². The second kappa shape index (κ2) is 8.22. The number of imide groups is 1. The molecule has 1 fully saturated rings. The van der Waals surface area contributed by atoms with Gasteiger partial charge in [0.15, 0.2) is 6.61 Å². The van der Waals surface area contributed by atoms with E-state index < -0.39 is 42.2 Å². The number of halogens is 1. The van der Waals surface area contributed by atoms with Gasteiger partial charge in [-0.2, -0.15) is 0 Å². The van der Waals surface area contributed by atoms with E-state index in [0.717, 1.165) is 0 Å². The van der Waals surface area contributed by atoms with Crippen molar-refractivity contribution in [3.8, 4) is 0 Å². The van der Waals surface area contributed by atoms with Gasteiger partial charge in [-0.25, -0.2) is 9.18 Å². The highest BCUT2D eigenvalue weighted by Gasteiger charge is 2.37. The maximum atomic E-state index is 13.8. The summed E-state index contributed by atoms with van der Waals surface area (Å²) in [6.45, 7) is 0.942. The number of nitrogens with one attached hydrogen (secondary N) is 1. The highest BCUT2D eigenvalue weighted by atomic mass is 19.1. The van der Waals surface area contributed by atoms with E-state index in [-0.39, 0.29) is 25.3 Å². The lowest BCUT2D eigenvalue weighted by Crippen LogP contribution is -2.35. The summed E-state index contributed by atoms with van der Waals surface area (Å²) in [6.07, 6.45) is -1.09. The maximum Gasteiger partial charge on any atom is 0.413 e. The molecule has 1 aromatic carbocycles. The molecule has 0 radical (unpaired) electrons. The van der Waals surface area contributed by atoms with Crippen molar-refractivity contribution in [1.29, 1.82) is 0 Å². The lowest BCUT2D eigenvalue weighted by molar-refractivity contribution is -0.152. The molecule has 1 saturated heterocycles. The Morgan fingerprint density at radius 2 is 2.00 bits per heavy atom. The summed E-state index contributed by atoms with van der Waals surface area (Å²) in [4.78, 5) is 47.6. The molecule has 2 rings (SSSR count). The van der Waals surface area contributed by atoms with Crippen LogP contribution in [0.5, 0.6) is 0 Å². The van der Waals surface area contributed by atoms with Crippen LogP contribution in [0, 0.1) is 11.7 Å². The number of rotatable bonds is 5. The zero-order valence-corrected chi connectivity index (χ0v) is 13.5. The van der Waals surface area contributed by atoms with Crippen molar-refractivity contribution in [2.24, 2.45) is 5.92 Å². The molecular weight excluding hydrogens is 335 g/mol. The molecule has 9 heteroatoms. The van der Waals surface area contributed by atoms with Crippen molar-refractivity contribution >= 4 is 29.6 Å². The van der Waals surface area contributed by atoms with Crippen molar-refractivity contribution in [3.63, 3.8) is 0 Å². The van der Waals surface area contributed by atoms with E-state index in [9.17, 15) is 23.6 Å². The number of anilines is 1. The van der Waals surface area contributed by atoms with Crippen molar-refractivity contribution in [3.05, 3.63) is 30.1 Å². The molecule has 1 atom stereocenters. The molecule has 1 heterocycles. The Morgan fingerprint density at radius 3 is 2.68 bits per heavy atom. The summed E-state index contributed by atoms with van der Waals surface area (Å²) in [5.41, 5.74) is 0.0860. The van der Waals surface area contributed by atoms with Crippen molar-refractivity contribution in [2.45, 2.75) is 13.3 Å². The van der Waals surface area contributed by atoms with Gasteiger partial charge < -0.3 is 14.4 Å². The fourth-order valence-corrected chi connectivity index (χ4v) is 2.34. The fraction of sp³-hybridized carbons (Fsp3) is 0.375. The van der Waals surface area contributed by atoms with E-state index in [0.29, 0.717) is 0 Å². The molecule has 8 nitrogen and oxygen atoms in total. The number of hydrogen-bond acceptors (Lipinski definition) is 6. The monoisotopic (exact) mass is 352 g/mol. The maximum absolute atomic E-state index is 13.8. The van der Waals surface area contributed by atoms with Gasteiger partial charge in [0.05, 0.1) is 18.2 Å². The van der Waals surface area contributed by atoms with Gasteiger partial charge in [-0.15, -0.1) is 0 Å². The minimum absolute atomic E-state index is 0.0436. The molecule has 1 aliphatic rings. The van der Waals surface area contributed by atoms with Gasteiger partial charge in [-0.3, -0.25) is 19.7 Å². The van der Waals surface area contributed by atoms with Crippen LogP contribution in [0.2, 0.25) is 0 Å². The summed E-state index contributed by atoms with van der Waals surface area (Å²) < 4.78 is 23.1. The zero-order chi connectivity index (χ0) is 18.4. The molecular formula is C16H17FN2O6. The van der Waals surface area contributed by atoms with Crippen LogP contribution in [-0.2, 0) is 23.9 Å². The lowest BCUT2D eigenvalue weighted by atomic mass is 10.1. The summed E-state index contributed by atoms with van der Waals surface area (Å²) in [5.74, 6) is -3.42. The largest absolute Gasteiger partial charge is 0.455 e. The second-order valence-electron chi connectivity index (χ2n) is 5.23. The Bertz CT molecular complexity index is 693. The zero-order valence-electron chi connectivity index (χ0n) is 13.5. The fourth-order valence-electron chi connectivity index (χ4n) is 2.34. The molecule has 1 aromatic rings. The molecule has 134 valence electrons. The normalized spacial score (nSPS) is 16.5. The van der Waals surface area contributed by atoms with Crippen LogP contribution in [0.15, 0.2) is 24.3 Å². The summed E-state index contributed by atoms with van der Waals surface area (Å²) in [5, 5.41) is 1.87. The van der Waals surface area contributed by atoms with Crippen LogP contribution < -0.4 is 10.2 Å². The van der Waals surface area contributed by atoms with E-state index >= 15 is 0 Å². The van der Waals surface area contributed by atoms with E-state index in [4.69, 9.17) is 4.74 Å². The lowest BCUT2D eigenvalue weighted by Gasteiger charge is -2.17. The molecule has 1 N–H and O–H groups in total. The van der Waals surface area contributed by atoms with E-state index in [1.54, 1.807) is 13.0 Å². The number of carbonyl (C=O) groups is 4. The smallest absolute Gasteiger partial charge is 0.413 e. The van der Waals surface area contributed by atoms with Gasteiger partial charge in [-0.05, 0) is 19.1 Å². The van der Waals surface area contributed by atoms with Crippen LogP contribution >= 0.6 is 0 Å². The van der Waals surface area contributed by atoms with Crippen LogP contribution in [0.25, 0.3) is 0 Å². The second-order valence-corrected chi connectivity index (χ2v) is 5.23. The third kappa shape index (κ3) is 4.75. The first kappa shape index (κ1) is 18.4. The quantitative estimate of drug-likeness (QED) is 0.793. The topological polar surface area (TPSA) is 102 Å². The molecule has 3 amide bonds. The van der Waals surface area contributed by atoms with Crippen molar-refractivity contribution in [1.82, 2.24) is 5.32 Å². The number of para-hydroxylation sites is 1. The summed E-state index contributed by atoms with van der Waals surface area (Å²) >= 11 is 0. The van der Waals surface area contributed by atoms with E-state index in [1.165, 1.54) is 23.1 Å². The summed E-state index contributed by atoms with van der Waals surface area (Å²) in [6, 6.07) is 5.73. The van der Waals surface area contributed by atoms with Crippen LogP contribution in [-0.4, -0.2) is 43.6 Å². The highest BCUT2D eigenvalue weighted by Crippen LogP contribution is 2.27. The third-order valence-corrected chi connectivity index (χ3v) is 3.46. The number of amides is 3. The Hall–Kier alpha value is -2.97. The molecule has 0 saturated carbocycles. The minimum Gasteiger partial charge on any atom is -0.455 e. The predicted octanol–water partition coefficient (Wildman–Crippen LogP) is 0.995. The Kier molecular flexibility index (Phi) is 6.04. The first-order valence-electron chi connectivity index (χ1n) is 7.60. The first-order valence-corrected chi connectivity index (χ1v) is 7.60. The van der Waals surface area contributed by atoms with Crippen LogP contribution in [0.3, 0.4) is 0 Å². The van der Waals surface area contributed by atoms with E-state index in [2.05, 4.69) is 4.74 Å². The number of alkyl carbamates (subject to hydrolysis) is 1. The SMILES string of the molecule is CCOC(=O)NC(=O)COC(=O)[C@H]1CC(=O)N(c2ccccc2F)C1. The number of benzene rings is 1. The van der Waals surface area contributed by atoms with Gasteiger partial charge in [0.1, 0.15) is 5.82 Å². The number of nitrogens with zero attached hydrogens (tertiary/aromatic N) is 1. The van der Waals surface area contributed by atoms with E-state index in [1.807, 2.05) is 5.32 Å². The van der Waals surface area contributed by atoms with Gasteiger partial charge >= 0.3 is 12.1 Å². The Balaban J connectivity index is 1.87.